The molecule has 0 fully saturated rings. The standard InChI is InChI=1S/C10H11ClFNO/c1-7(5-13)6-14-10-3-2-8(12)4-9(10)11/h2-4H,1,5-6,13H2. The summed E-state index contributed by atoms with van der Waals surface area (Å²) in [5.74, 6) is 0.0441. The summed E-state index contributed by atoms with van der Waals surface area (Å²) in [4.78, 5) is 0. The number of halogens is 2. The molecule has 0 atom stereocenters. The Morgan fingerprint density at radius 2 is 2.29 bits per heavy atom. The SMILES string of the molecule is C=C(CN)COc1ccc(F)cc1Cl. The van der Waals surface area contributed by atoms with E-state index in [2.05, 4.69) is 6.58 Å². The molecule has 2 nitrogen and oxygen atoms in total. The third-order valence-corrected chi connectivity index (χ3v) is 1.91. The molecule has 0 spiro atoms. The van der Waals surface area contributed by atoms with Gasteiger partial charge in [-0.25, -0.2) is 4.39 Å². The monoisotopic (exact) mass is 215 g/mol. The lowest BCUT2D eigenvalue weighted by Crippen LogP contribution is -2.10. The molecule has 1 aromatic carbocycles. The molecular weight excluding hydrogens is 205 g/mol. The highest BCUT2D eigenvalue weighted by atomic mass is 35.5. The molecule has 0 radical (unpaired) electrons. The molecule has 0 aliphatic heterocycles. The fourth-order valence-corrected chi connectivity index (χ4v) is 1.05. The number of ether oxygens (including phenoxy) is 1. The predicted octanol–water partition coefficient (Wildman–Crippen LogP) is 2.37. The fourth-order valence-electron chi connectivity index (χ4n) is 0.831. The molecule has 0 aromatic heterocycles. The van der Waals surface area contributed by atoms with Crippen LogP contribution in [0.15, 0.2) is 30.4 Å². The largest absolute Gasteiger partial charge is 0.488 e. The maximum absolute atomic E-state index is 12.6. The van der Waals surface area contributed by atoms with Gasteiger partial charge in [0.1, 0.15) is 18.2 Å². The van der Waals surface area contributed by atoms with E-state index in [9.17, 15) is 4.39 Å². The molecule has 76 valence electrons. The number of nitrogens with two attached hydrogens (primary N) is 1. The zero-order chi connectivity index (χ0) is 10.6. The van der Waals surface area contributed by atoms with Crippen molar-refractivity contribution in [2.45, 2.75) is 0 Å². The number of benzene rings is 1. The highest BCUT2D eigenvalue weighted by Crippen LogP contribution is 2.24. The Morgan fingerprint density at radius 3 is 2.86 bits per heavy atom. The second-order valence-electron chi connectivity index (χ2n) is 2.82. The van der Waals surface area contributed by atoms with Crippen LogP contribution in [0.5, 0.6) is 5.75 Å². The second kappa shape index (κ2) is 4.98. The van der Waals surface area contributed by atoms with Gasteiger partial charge in [0, 0.05) is 6.54 Å². The zero-order valence-corrected chi connectivity index (χ0v) is 8.35. The van der Waals surface area contributed by atoms with Gasteiger partial charge in [0.25, 0.3) is 0 Å². The van der Waals surface area contributed by atoms with Gasteiger partial charge in [-0.15, -0.1) is 0 Å². The van der Waals surface area contributed by atoms with Crippen LogP contribution in [0.4, 0.5) is 4.39 Å². The van der Waals surface area contributed by atoms with E-state index >= 15 is 0 Å². The second-order valence-corrected chi connectivity index (χ2v) is 3.22. The number of rotatable bonds is 4. The van der Waals surface area contributed by atoms with E-state index in [0.29, 0.717) is 18.9 Å². The van der Waals surface area contributed by atoms with Crippen LogP contribution >= 0.6 is 11.6 Å². The van der Waals surface area contributed by atoms with Crippen LogP contribution in [0.3, 0.4) is 0 Å². The summed E-state index contributed by atoms with van der Waals surface area (Å²) < 4.78 is 17.9. The van der Waals surface area contributed by atoms with Gasteiger partial charge in [-0.2, -0.15) is 0 Å². The average Bonchev–Trinajstić information content (AvgIpc) is 2.16. The van der Waals surface area contributed by atoms with Crippen molar-refractivity contribution in [2.75, 3.05) is 13.2 Å². The Labute approximate surface area is 87.1 Å². The van der Waals surface area contributed by atoms with Crippen LogP contribution in [-0.4, -0.2) is 13.2 Å². The maximum Gasteiger partial charge on any atom is 0.138 e. The van der Waals surface area contributed by atoms with E-state index in [1.807, 2.05) is 0 Å². The van der Waals surface area contributed by atoms with Crippen LogP contribution in [0, 0.1) is 5.82 Å². The normalized spacial score (nSPS) is 9.93. The zero-order valence-electron chi connectivity index (χ0n) is 7.59. The third kappa shape index (κ3) is 3.01. The van der Waals surface area contributed by atoms with Gasteiger partial charge in [-0.05, 0) is 23.8 Å². The predicted molar refractivity (Wildman–Crippen MR) is 55.1 cm³/mol. The van der Waals surface area contributed by atoms with Gasteiger partial charge < -0.3 is 10.5 Å². The third-order valence-electron chi connectivity index (χ3n) is 1.61. The summed E-state index contributed by atoms with van der Waals surface area (Å²) in [6.45, 7) is 4.32. The van der Waals surface area contributed by atoms with Crippen molar-refractivity contribution in [1.29, 1.82) is 0 Å². The van der Waals surface area contributed by atoms with E-state index in [1.54, 1.807) is 0 Å². The van der Waals surface area contributed by atoms with Gasteiger partial charge in [-0.1, -0.05) is 18.2 Å². The highest BCUT2D eigenvalue weighted by Gasteiger charge is 2.02. The van der Waals surface area contributed by atoms with Crippen molar-refractivity contribution in [1.82, 2.24) is 0 Å². The molecule has 0 bridgehead atoms. The van der Waals surface area contributed by atoms with Crippen LogP contribution in [0.2, 0.25) is 5.02 Å². The first-order valence-electron chi connectivity index (χ1n) is 4.08. The van der Waals surface area contributed by atoms with Crippen LogP contribution in [0.25, 0.3) is 0 Å². The molecular formula is C10H11ClFNO. The van der Waals surface area contributed by atoms with E-state index < -0.39 is 0 Å². The molecule has 2 N–H and O–H groups in total. The lowest BCUT2D eigenvalue weighted by atomic mass is 10.3. The van der Waals surface area contributed by atoms with E-state index in [1.165, 1.54) is 18.2 Å². The first-order chi connectivity index (χ1) is 6.63. The molecule has 0 saturated heterocycles. The van der Waals surface area contributed by atoms with Crippen LogP contribution in [0.1, 0.15) is 0 Å². The summed E-state index contributed by atoms with van der Waals surface area (Å²) in [5.41, 5.74) is 6.08. The molecule has 0 aliphatic rings. The molecule has 0 amide bonds. The fraction of sp³-hybridized carbons (Fsp3) is 0.200. The first-order valence-corrected chi connectivity index (χ1v) is 4.46. The van der Waals surface area contributed by atoms with Crippen LogP contribution in [-0.2, 0) is 0 Å². The maximum atomic E-state index is 12.6. The van der Waals surface area contributed by atoms with Crippen LogP contribution < -0.4 is 10.5 Å². The summed E-state index contributed by atoms with van der Waals surface area (Å²) in [7, 11) is 0. The van der Waals surface area contributed by atoms with Crippen molar-refractivity contribution in [3.05, 3.63) is 41.2 Å². The molecule has 1 aromatic rings. The Bertz CT molecular complexity index is 341. The van der Waals surface area contributed by atoms with Crippen molar-refractivity contribution >= 4 is 11.6 Å². The highest BCUT2D eigenvalue weighted by molar-refractivity contribution is 6.32. The number of hydrogen-bond acceptors (Lipinski definition) is 2. The van der Waals surface area contributed by atoms with Crippen molar-refractivity contribution < 1.29 is 9.13 Å². The van der Waals surface area contributed by atoms with E-state index in [4.69, 9.17) is 22.1 Å². The van der Waals surface area contributed by atoms with Gasteiger partial charge in [0.15, 0.2) is 0 Å². The Hall–Kier alpha value is -1.06. The first kappa shape index (κ1) is 11.0. The number of hydrogen-bond donors (Lipinski definition) is 1. The lowest BCUT2D eigenvalue weighted by Gasteiger charge is -2.08. The van der Waals surface area contributed by atoms with Crippen molar-refractivity contribution in [2.24, 2.45) is 5.73 Å². The molecule has 1 rings (SSSR count). The van der Waals surface area contributed by atoms with Gasteiger partial charge in [0.05, 0.1) is 5.02 Å². The lowest BCUT2D eigenvalue weighted by molar-refractivity contribution is 0.350. The molecule has 14 heavy (non-hydrogen) atoms. The molecule has 4 heteroatoms. The smallest absolute Gasteiger partial charge is 0.138 e. The summed E-state index contributed by atoms with van der Waals surface area (Å²) >= 11 is 5.73. The van der Waals surface area contributed by atoms with Gasteiger partial charge in [-0.3, -0.25) is 0 Å². The van der Waals surface area contributed by atoms with Crippen molar-refractivity contribution in [3.8, 4) is 5.75 Å². The summed E-state index contributed by atoms with van der Waals surface area (Å²) in [6.07, 6.45) is 0. The topological polar surface area (TPSA) is 35.2 Å². The van der Waals surface area contributed by atoms with Gasteiger partial charge >= 0.3 is 0 Å². The average molecular weight is 216 g/mol. The minimum atomic E-state index is -0.389. The Balaban J connectivity index is 2.63. The van der Waals surface area contributed by atoms with E-state index in [0.717, 1.165) is 5.57 Å². The molecule has 0 saturated carbocycles. The van der Waals surface area contributed by atoms with Crippen molar-refractivity contribution in [3.63, 3.8) is 0 Å². The van der Waals surface area contributed by atoms with Gasteiger partial charge in [0.2, 0.25) is 0 Å². The molecule has 0 unspecified atom stereocenters. The minimum absolute atomic E-state index is 0.245. The summed E-state index contributed by atoms with van der Waals surface area (Å²) in [6, 6.07) is 3.95. The Morgan fingerprint density at radius 1 is 1.57 bits per heavy atom. The minimum Gasteiger partial charge on any atom is -0.488 e. The molecule has 0 aliphatic carbocycles. The molecule has 0 heterocycles. The Kier molecular flexibility index (Phi) is 3.92. The quantitative estimate of drug-likeness (QED) is 0.783. The summed E-state index contributed by atoms with van der Waals surface area (Å²) in [5, 5.41) is 0.245. The van der Waals surface area contributed by atoms with E-state index in [-0.39, 0.29) is 10.8 Å².